The molecule has 0 aliphatic rings. The molecule has 14 heteroatoms. The number of nitrogens with zero attached hydrogens (tertiary/aromatic N) is 1. The molecule has 0 fully saturated rings. The number of carbonyl (C=O) groups is 4. The van der Waals surface area contributed by atoms with Gasteiger partial charge in [-0.15, -0.1) is 0 Å². The Morgan fingerprint density at radius 1 is 0.837 bits per heavy atom. The van der Waals surface area contributed by atoms with E-state index in [1.807, 2.05) is 0 Å². The first-order chi connectivity index (χ1) is 20.3. The van der Waals surface area contributed by atoms with Gasteiger partial charge in [0.25, 0.3) is 0 Å². The van der Waals surface area contributed by atoms with Gasteiger partial charge in [0.2, 0.25) is 23.6 Å². The number of nitrogens with one attached hydrogen (secondary N) is 3. The molecule has 14 nitrogen and oxygen atoms in total. The zero-order valence-corrected chi connectivity index (χ0v) is 24.5. The van der Waals surface area contributed by atoms with Gasteiger partial charge in [-0.25, -0.2) is 0 Å². The number of rotatable bonds is 16. The largest absolute Gasteiger partial charge is 0.508 e. The van der Waals surface area contributed by atoms with Crippen LogP contribution in [-0.4, -0.2) is 72.0 Å². The standard InChI is InChI=1S/C29H43N9O5/c1-16-11-19(39)12-17(2)20(16)14-21(31)26(41)36-22(9-6-10-35-29(33)34)27(42)37-23(13-18-7-4-3-5-8-18)28(43)38-24(15-30)25(32)40/h3-5,7-8,11-12,21-24,39H,6,9-10,13-15,30-31H2,1-2H3,(H2,32,40)(H,36,41)(H,37,42)(H,38,43)(H4,33,34,35)/t21-,22+,23-,24-/m0/s1. The van der Waals surface area contributed by atoms with Crippen molar-refractivity contribution in [2.24, 2.45) is 33.7 Å². The first-order valence-electron chi connectivity index (χ1n) is 13.9. The molecule has 0 heterocycles. The number of aryl methyl sites for hydroxylation is 2. The summed E-state index contributed by atoms with van der Waals surface area (Å²) >= 11 is 0. The summed E-state index contributed by atoms with van der Waals surface area (Å²) in [6.45, 7) is 3.58. The third-order valence-electron chi connectivity index (χ3n) is 6.83. The molecule has 0 radical (unpaired) electrons. The molecule has 0 saturated carbocycles. The molecule has 0 saturated heterocycles. The van der Waals surface area contributed by atoms with Gasteiger partial charge in [0, 0.05) is 19.5 Å². The van der Waals surface area contributed by atoms with Crippen molar-refractivity contribution in [1.29, 1.82) is 0 Å². The van der Waals surface area contributed by atoms with Crippen molar-refractivity contribution in [2.75, 3.05) is 13.1 Å². The van der Waals surface area contributed by atoms with E-state index in [9.17, 15) is 24.3 Å². The molecule has 0 aliphatic heterocycles. The summed E-state index contributed by atoms with van der Waals surface area (Å²) < 4.78 is 0. The van der Waals surface area contributed by atoms with Gasteiger partial charge in [0.05, 0.1) is 6.04 Å². The Kier molecular flexibility index (Phi) is 13.4. The van der Waals surface area contributed by atoms with Gasteiger partial charge in [-0.1, -0.05) is 30.3 Å². The van der Waals surface area contributed by atoms with E-state index in [0.29, 0.717) is 6.42 Å². The van der Waals surface area contributed by atoms with E-state index in [-0.39, 0.29) is 44.1 Å². The van der Waals surface area contributed by atoms with Crippen LogP contribution in [0.5, 0.6) is 5.75 Å². The molecule has 43 heavy (non-hydrogen) atoms. The zero-order valence-electron chi connectivity index (χ0n) is 24.5. The number of hydrogen-bond donors (Lipinski definition) is 9. The number of benzene rings is 2. The maximum Gasteiger partial charge on any atom is 0.243 e. The van der Waals surface area contributed by atoms with Gasteiger partial charge < -0.3 is 49.7 Å². The summed E-state index contributed by atoms with van der Waals surface area (Å²) in [7, 11) is 0. The van der Waals surface area contributed by atoms with Crippen LogP contribution in [0.3, 0.4) is 0 Å². The average Bonchev–Trinajstić information content (AvgIpc) is 2.94. The average molecular weight is 598 g/mol. The van der Waals surface area contributed by atoms with Crippen molar-refractivity contribution in [3.05, 3.63) is 64.7 Å². The molecule has 234 valence electrons. The fourth-order valence-electron chi connectivity index (χ4n) is 4.51. The molecule has 0 spiro atoms. The number of hydrogen-bond acceptors (Lipinski definition) is 8. The Morgan fingerprint density at radius 2 is 1.40 bits per heavy atom. The fraction of sp³-hybridized carbons (Fsp3) is 0.414. The predicted molar refractivity (Wildman–Crippen MR) is 163 cm³/mol. The highest BCUT2D eigenvalue weighted by Gasteiger charge is 2.30. The minimum atomic E-state index is -1.14. The number of nitrogens with two attached hydrogens (primary N) is 5. The number of phenols is 1. The summed E-state index contributed by atoms with van der Waals surface area (Å²) in [5.74, 6) is -2.74. The SMILES string of the molecule is Cc1cc(O)cc(C)c1C[C@H](N)C(=O)N[C@H](CCCN=C(N)N)C(=O)N[C@@H](Cc1ccccc1)C(=O)N[C@@H](CN)C(N)=O. The van der Waals surface area contributed by atoms with Crippen molar-refractivity contribution >= 4 is 29.6 Å². The summed E-state index contributed by atoms with van der Waals surface area (Å²) in [6, 6.07) is 7.72. The zero-order chi connectivity index (χ0) is 32.1. The number of phenolic OH excluding ortho intramolecular Hbond substituents is 1. The fourth-order valence-corrected chi connectivity index (χ4v) is 4.51. The maximum absolute atomic E-state index is 13.6. The van der Waals surface area contributed by atoms with Crippen LogP contribution >= 0.6 is 0 Å². The molecular weight excluding hydrogens is 554 g/mol. The van der Waals surface area contributed by atoms with E-state index in [0.717, 1.165) is 22.3 Å². The Bertz CT molecular complexity index is 1280. The van der Waals surface area contributed by atoms with Crippen molar-refractivity contribution in [3.8, 4) is 5.75 Å². The topological polar surface area (TPSA) is 267 Å². The predicted octanol–water partition coefficient (Wildman–Crippen LogP) is -1.93. The van der Waals surface area contributed by atoms with Crippen LogP contribution < -0.4 is 44.6 Å². The van der Waals surface area contributed by atoms with Crippen LogP contribution in [0.25, 0.3) is 0 Å². The summed E-state index contributed by atoms with van der Waals surface area (Å²) in [4.78, 5) is 55.5. The van der Waals surface area contributed by atoms with E-state index in [2.05, 4.69) is 20.9 Å². The van der Waals surface area contributed by atoms with Crippen LogP contribution in [0.1, 0.15) is 35.1 Å². The number of primary amides is 1. The highest BCUT2D eigenvalue weighted by molar-refractivity contribution is 5.94. The van der Waals surface area contributed by atoms with Crippen LogP contribution in [0.2, 0.25) is 0 Å². The molecule has 2 aromatic carbocycles. The molecule has 2 rings (SSSR count). The number of guanidine groups is 1. The van der Waals surface area contributed by atoms with Crippen LogP contribution in [0.15, 0.2) is 47.5 Å². The highest BCUT2D eigenvalue weighted by Crippen LogP contribution is 2.22. The van der Waals surface area contributed by atoms with Crippen molar-refractivity contribution in [3.63, 3.8) is 0 Å². The van der Waals surface area contributed by atoms with Crippen LogP contribution in [-0.2, 0) is 32.0 Å². The number of aliphatic imine (C=N–C) groups is 1. The Labute approximate surface area is 250 Å². The monoisotopic (exact) mass is 597 g/mol. The van der Waals surface area contributed by atoms with Gasteiger partial charge in [-0.2, -0.15) is 0 Å². The summed E-state index contributed by atoms with van der Waals surface area (Å²) in [6.07, 6.45) is 0.708. The van der Waals surface area contributed by atoms with Crippen LogP contribution in [0.4, 0.5) is 0 Å². The number of aromatic hydroxyl groups is 1. The lowest BCUT2D eigenvalue weighted by Crippen LogP contribution is -2.59. The maximum atomic E-state index is 13.6. The first kappa shape index (κ1) is 34.5. The van der Waals surface area contributed by atoms with Crippen molar-refractivity contribution in [2.45, 2.75) is 63.7 Å². The van der Waals surface area contributed by atoms with Gasteiger partial charge in [-0.3, -0.25) is 24.2 Å². The molecule has 2 aromatic rings. The van der Waals surface area contributed by atoms with E-state index < -0.39 is 47.8 Å². The summed E-state index contributed by atoms with van der Waals surface area (Å²) in [5, 5.41) is 17.7. The lowest BCUT2D eigenvalue weighted by atomic mass is 9.95. The molecule has 4 amide bonds. The lowest BCUT2D eigenvalue weighted by molar-refractivity contribution is -0.133. The summed E-state index contributed by atoms with van der Waals surface area (Å²) in [5.41, 5.74) is 31.0. The second kappa shape index (κ2) is 16.7. The Balaban J connectivity index is 2.26. The van der Waals surface area contributed by atoms with E-state index in [4.69, 9.17) is 28.7 Å². The number of carbonyl (C=O) groups excluding carboxylic acids is 4. The molecule has 14 N–H and O–H groups in total. The Hall–Kier alpha value is -4.69. The quantitative estimate of drug-likeness (QED) is 0.0591. The highest BCUT2D eigenvalue weighted by atomic mass is 16.3. The molecule has 0 aromatic heterocycles. The van der Waals surface area contributed by atoms with Gasteiger partial charge >= 0.3 is 0 Å². The first-order valence-corrected chi connectivity index (χ1v) is 13.9. The second-order valence-electron chi connectivity index (χ2n) is 10.3. The van der Waals surface area contributed by atoms with E-state index in [1.165, 1.54) is 0 Å². The second-order valence-corrected chi connectivity index (χ2v) is 10.3. The third-order valence-corrected chi connectivity index (χ3v) is 6.83. The van der Waals surface area contributed by atoms with Crippen LogP contribution in [0, 0.1) is 13.8 Å². The number of amides is 4. The lowest BCUT2D eigenvalue weighted by Gasteiger charge is -2.25. The third kappa shape index (κ3) is 11.2. The minimum absolute atomic E-state index is 0.0854. The van der Waals surface area contributed by atoms with Crippen molar-refractivity contribution < 1.29 is 24.3 Å². The van der Waals surface area contributed by atoms with Gasteiger partial charge in [0.1, 0.15) is 23.9 Å². The van der Waals surface area contributed by atoms with Crippen molar-refractivity contribution in [1.82, 2.24) is 16.0 Å². The molecular formula is C29H43N9O5. The molecule has 0 aliphatic carbocycles. The van der Waals surface area contributed by atoms with E-state index >= 15 is 0 Å². The minimum Gasteiger partial charge on any atom is -0.508 e. The molecule has 0 unspecified atom stereocenters. The van der Waals surface area contributed by atoms with E-state index in [1.54, 1.807) is 56.3 Å². The normalized spacial score (nSPS) is 13.6. The molecule has 0 bridgehead atoms. The molecule has 4 atom stereocenters. The van der Waals surface area contributed by atoms with Gasteiger partial charge in [-0.05, 0) is 67.5 Å². The van der Waals surface area contributed by atoms with Gasteiger partial charge in [0.15, 0.2) is 5.96 Å². The smallest absolute Gasteiger partial charge is 0.243 e. The Morgan fingerprint density at radius 3 is 1.95 bits per heavy atom.